The molecule has 0 unspecified atom stereocenters. The van der Waals surface area contributed by atoms with Gasteiger partial charge in [0, 0.05) is 31.9 Å². The second-order valence-electron chi connectivity index (χ2n) is 7.33. The Morgan fingerprint density at radius 1 is 0.778 bits per heavy atom. The number of hydrogen-bond donors (Lipinski definition) is 1. The lowest BCUT2D eigenvalue weighted by Crippen LogP contribution is -2.48. The Hall–Kier alpha value is -2.53. The van der Waals surface area contributed by atoms with Crippen LogP contribution >= 0.6 is 0 Å². The Kier molecular flexibility index (Phi) is 5.58. The van der Waals surface area contributed by atoms with E-state index in [9.17, 15) is 4.79 Å². The van der Waals surface area contributed by atoms with E-state index < -0.39 is 0 Å². The van der Waals surface area contributed by atoms with Crippen LogP contribution in [0.15, 0.2) is 54.6 Å². The minimum Gasteiger partial charge on any atom is -0.367 e. The molecule has 5 nitrogen and oxygen atoms in total. The normalized spacial score (nSPS) is 17.5. The molecule has 1 N–H and O–H groups in total. The van der Waals surface area contributed by atoms with Crippen LogP contribution in [-0.4, -0.2) is 50.2 Å². The van der Waals surface area contributed by atoms with Gasteiger partial charge in [-0.1, -0.05) is 36.8 Å². The summed E-state index contributed by atoms with van der Waals surface area (Å²) in [5.74, 6) is 0. The minimum absolute atomic E-state index is 0.0654. The Balaban J connectivity index is 1.45. The summed E-state index contributed by atoms with van der Waals surface area (Å²) in [5, 5.41) is 3.01. The van der Waals surface area contributed by atoms with Crippen molar-refractivity contribution < 1.29 is 4.79 Å². The van der Waals surface area contributed by atoms with Gasteiger partial charge in [0.05, 0.1) is 11.4 Å². The fourth-order valence-corrected chi connectivity index (χ4v) is 4.02. The van der Waals surface area contributed by atoms with Crippen LogP contribution in [0.3, 0.4) is 0 Å². The summed E-state index contributed by atoms with van der Waals surface area (Å²) < 4.78 is 0. The van der Waals surface area contributed by atoms with Crippen molar-refractivity contribution in [2.75, 3.05) is 54.4 Å². The fraction of sp³-hybridized carbons (Fsp3) is 0.409. The highest BCUT2D eigenvalue weighted by Crippen LogP contribution is 2.33. The van der Waals surface area contributed by atoms with Gasteiger partial charge in [-0.25, -0.2) is 4.79 Å². The number of nitrogens with zero attached hydrogens (tertiary/aromatic N) is 3. The highest BCUT2D eigenvalue weighted by atomic mass is 16.2. The molecule has 2 aliphatic heterocycles. The van der Waals surface area contributed by atoms with Gasteiger partial charge in [0.1, 0.15) is 0 Å². The Labute approximate surface area is 161 Å². The second kappa shape index (κ2) is 8.44. The number of amides is 2. The van der Waals surface area contributed by atoms with E-state index in [1.807, 2.05) is 47.4 Å². The number of rotatable bonds is 4. The maximum Gasteiger partial charge on any atom is 0.326 e. The third-order valence-electron chi connectivity index (χ3n) is 5.51. The number of carbonyl (C=O) groups is 1. The van der Waals surface area contributed by atoms with Crippen LogP contribution in [0.2, 0.25) is 0 Å². The van der Waals surface area contributed by atoms with Gasteiger partial charge in [0.2, 0.25) is 0 Å². The summed E-state index contributed by atoms with van der Waals surface area (Å²) in [7, 11) is 0. The van der Waals surface area contributed by atoms with Crippen molar-refractivity contribution in [3.8, 4) is 0 Å². The lowest BCUT2D eigenvalue weighted by atomic mass is 10.1. The number of urea groups is 1. The van der Waals surface area contributed by atoms with E-state index in [1.165, 1.54) is 32.4 Å². The Morgan fingerprint density at radius 3 is 2.26 bits per heavy atom. The van der Waals surface area contributed by atoms with Gasteiger partial charge in [0.25, 0.3) is 0 Å². The van der Waals surface area contributed by atoms with Crippen LogP contribution in [-0.2, 0) is 0 Å². The SMILES string of the molecule is O=C(Nc1ccccc1)N1CCN(CCN2CCCCC2)c2ccccc21. The molecule has 0 radical (unpaired) electrons. The van der Waals surface area contributed by atoms with Crippen molar-refractivity contribution in [3.05, 3.63) is 54.6 Å². The summed E-state index contributed by atoms with van der Waals surface area (Å²) in [6.07, 6.45) is 4.02. The number of likely N-dealkylation sites (tertiary alicyclic amines) is 1. The van der Waals surface area contributed by atoms with Crippen LogP contribution in [0.25, 0.3) is 0 Å². The first-order valence-electron chi connectivity index (χ1n) is 10.0. The number of nitrogens with one attached hydrogen (secondary N) is 1. The molecule has 0 spiro atoms. The zero-order chi connectivity index (χ0) is 18.5. The van der Waals surface area contributed by atoms with Crippen LogP contribution in [0, 0.1) is 0 Å². The molecule has 2 aliphatic rings. The van der Waals surface area contributed by atoms with Crippen molar-refractivity contribution in [2.24, 2.45) is 0 Å². The van der Waals surface area contributed by atoms with Crippen molar-refractivity contribution in [1.29, 1.82) is 0 Å². The zero-order valence-electron chi connectivity index (χ0n) is 15.8. The number of hydrogen-bond acceptors (Lipinski definition) is 3. The molecule has 1 saturated heterocycles. The average molecular weight is 364 g/mol. The molecule has 5 heteroatoms. The average Bonchev–Trinajstić information content (AvgIpc) is 2.73. The summed E-state index contributed by atoms with van der Waals surface area (Å²) in [4.78, 5) is 19.7. The van der Waals surface area contributed by atoms with E-state index in [2.05, 4.69) is 27.2 Å². The van der Waals surface area contributed by atoms with Crippen LogP contribution < -0.4 is 15.1 Å². The number of fused-ring (bicyclic) bond motifs is 1. The minimum atomic E-state index is -0.0654. The quantitative estimate of drug-likeness (QED) is 0.890. The van der Waals surface area contributed by atoms with Crippen molar-refractivity contribution in [2.45, 2.75) is 19.3 Å². The number of para-hydroxylation sites is 3. The molecule has 2 aromatic rings. The molecule has 0 saturated carbocycles. The third-order valence-corrected chi connectivity index (χ3v) is 5.51. The van der Waals surface area contributed by atoms with E-state index in [1.54, 1.807) is 0 Å². The van der Waals surface area contributed by atoms with Gasteiger partial charge in [-0.15, -0.1) is 0 Å². The second-order valence-corrected chi connectivity index (χ2v) is 7.33. The monoisotopic (exact) mass is 364 g/mol. The predicted molar refractivity (Wildman–Crippen MR) is 112 cm³/mol. The first-order chi connectivity index (χ1) is 13.3. The van der Waals surface area contributed by atoms with Crippen molar-refractivity contribution in [3.63, 3.8) is 0 Å². The first-order valence-corrected chi connectivity index (χ1v) is 10.0. The van der Waals surface area contributed by atoms with E-state index in [4.69, 9.17) is 0 Å². The summed E-state index contributed by atoms with van der Waals surface area (Å²) in [6.45, 7) is 6.14. The molecule has 2 amide bonds. The maximum absolute atomic E-state index is 12.8. The van der Waals surface area contributed by atoms with E-state index >= 15 is 0 Å². The molecule has 2 heterocycles. The summed E-state index contributed by atoms with van der Waals surface area (Å²) in [5.41, 5.74) is 2.98. The molecule has 0 aromatic heterocycles. The highest BCUT2D eigenvalue weighted by molar-refractivity contribution is 6.04. The van der Waals surface area contributed by atoms with Gasteiger partial charge in [0.15, 0.2) is 0 Å². The van der Waals surface area contributed by atoms with Crippen LogP contribution in [0.5, 0.6) is 0 Å². The highest BCUT2D eigenvalue weighted by Gasteiger charge is 2.26. The van der Waals surface area contributed by atoms with Crippen LogP contribution in [0.1, 0.15) is 19.3 Å². The molecule has 1 fully saturated rings. The molecule has 142 valence electrons. The van der Waals surface area contributed by atoms with Gasteiger partial charge in [-0.3, -0.25) is 4.90 Å². The summed E-state index contributed by atoms with van der Waals surface area (Å²) in [6, 6.07) is 17.8. The van der Waals surface area contributed by atoms with Gasteiger partial charge in [-0.05, 0) is 50.2 Å². The lowest BCUT2D eigenvalue weighted by molar-refractivity contribution is 0.233. The third kappa shape index (κ3) is 4.25. The molecule has 0 bridgehead atoms. The number of piperidine rings is 1. The van der Waals surface area contributed by atoms with Crippen molar-refractivity contribution >= 4 is 23.1 Å². The Bertz CT molecular complexity index is 758. The number of carbonyl (C=O) groups excluding carboxylic acids is 1. The zero-order valence-corrected chi connectivity index (χ0v) is 15.8. The van der Waals surface area contributed by atoms with E-state index in [-0.39, 0.29) is 6.03 Å². The first kappa shape index (κ1) is 17.9. The van der Waals surface area contributed by atoms with E-state index in [0.29, 0.717) is 6.54 Å². The molecular formula is C22H28N4O. The lowest BCUT2D eigenvalue weighted by Gasteiger charge is -2.39. The fourth-order valence-electron chi connectivity index (χ4n) is 4.02. The largest absolute Gasteiger partial charge is 0.367 e. The number of benzene rings is 2. The molecular weight excluding hydrogens is 336 g/mol. The predicted octanol–water partition coefficient (Wildman–Crippen LogP) is 4.03. The molecule has 2 aromatic carbocycles. The molecule has 27 heavy (non-hydrogen) atoms. The summed E-state index contributed by atoms with van der Waals surface area (Å²) >= 11 is 0. The molecule has 4 rings (SSSR count). The molecule has 0 aliphatic carbocycles. The van der Waals surface area contributed by atoms with Crippen LogP contribution in [0.4, 0.5) is 21.9 Å². The topological polar surface area (TPSA) is 38.8 Å². The van der Waals surface area contributed by atoms with Gasteiger partial charge < -0.3 is 15.1 Å². The molecule has 0 atom stereocenters. The van der Waals surface area contributed by atoms with Crippen molar-refractivity contribution in [1.82, 2.24) is 4.90 Å². The van der Waals surface area contributed by atoms with Gasteiger partial charge >= 0.3 is 6.03 Å². The Morgan fingerprint density at radius 2 is 1.48 bits per heavy atom. The number of anilines is 3. The van der Waals surface area contributed by atoms with Gasteiger partial charge in [-0.2, -0.15) is 0 Å². The maximum atomic E-state index is 12.8. The van der Waals surface area contributed by atoms with E-state index in [0.717, 1.165) is 36.7 Å². The smallest absolute Gasteiger partial charge is 0.326 e. The standard InChI is InChI=1S/C22H28N4O/c27-22(23-19-9-3-1-4-10-19)26-18-17-25(20-11-5-6-12-21(20)26)16-15-24-13-7-2-8-14-24/h1,3-6,9-12H,2,7-8,13-18H2,(H,23,27).